The summed E-state index contributed by atoms with van der Waals surface area (Å²) in [7, 11) is 0. The molecular formula is C19H8N4OS2. The van der Waals surface area contributed by atoms with Gasteiger partial charge in [0.05, 0.1) is 11.0 Å². The molecule has 1 aliphatic rings. The van der Waals surface area contributed by atoms with Crippen molar-refractivity contribution >= 4 is 40.3 Å². The zero-order chi connectivity index (χ0) is 18.1. The molecule has 0 atom stereocenters. The summed E-state index contributed by atoms with van der Waals surface area (Å²) in [6.07, 6.45) is 0. The minimum Gasteiger partial charge on any atom is -0.289 e. The Kier molecular flexibility index (Phi) is 4.18. The number of nitriles is 2. The number of benzene rings is 2. The van der Waals surface area contributed by atoms with Gasteiger partial charge in [-0.1, -0.05) is 53.9 Å². The fourth-order valence-electron chi connectivity index (χ4n) is 2.49. The number of aromatic nitrogens is 2. The fraction of sp³-hybridized carbons (Fsp3) is 0. The molecule has 2 heterocycles. The van der Waals surface area contributed by atoms with Crippen molar-refractivity contribution in [1.29, 1.82) is 10.5 Å². The smallest absolute Gasteiger partial charge is 0.193 e. The van der Waals surface area contributed by atoms with Gasteiger partial charge in [0, 0.05) is 11.1 Å². The molecule has 0 saturated carbocycles. The van der Waals surface area contributed by atoms with Crippen molar-refractivity contribution in [1.82, 2.24) is 9.97 Å². The van der Waals surface area contributed by atoms with E-state index in [1.54, 1.807) is 30.3 Å². The molecule has 7 heteroatoms. The molecule has 0 saturated heterocycles. The summed E-state index contributed by atoms with van der Waals surface area (Å²) in [5, 5.41) is 19.5. The first-order valence-corrected chi connectivity index (χ1v) is 9.14. The number of carbonyl (C=O) groups excluding carboxylic acids is 1. The highest BCUT2D eigenvalue weighted by atomic mass is 32.2. The number of ketones is 1. The van der Waals surface area contributed by atoms with Crippen molar-refractivity contribution in [2.75, 3.05) is 0 Å². The number of allylic oxidation sites excluding steroid dienone is 2. The van der Waals surface area contributed by atoms with E-state index in [1.807, 2.05) is 30.3 Å². The van der Waals surface area contributed by atoms with E-state index in [1.165, 1.54) is 0 Å². The average molecular weight is 372 g/mol. The minimum atomic E-state index is -0.0848. The Balaban J connectivity index is 1.77. The van der Waals surface area contributed by atoms with Gasteiger partial charge in [0.1, 0.15) is 32.0 Å². The van der Waals surface area contributed by atoms with Crippen LogP contribution in [0.2, 0.25) is 0 Å². The molecule has 0 unspecified atom stereocenters. The summed E-state index contributed by atoms with van der Waals surface area (Å²) in [5.41, 5.74) is 2.35. The Bertz CT molecular complexity index is 1170. The van der Waals surface area contributed by atoms with Gasteiger partial charge in [0.2, 0.25) is 0 Å². The molecule has 0 radical (unpaired) electrons. The Morgan fingerprint density at radius 3 is 2.04 bits per heavy atom. The molecule has 3 aromatic rings. The fourth-order valence-corrected chi connectivity index (χ4v) is 4.29. The number of thioether (sulfide) groups is 2. The van der Waals surface area contributed by atoms with E-state index in [0.717, 1.165) is 23.5 Å². The number of nitrogens with zero attached hydrogens (tertiary/aromatic N) is 4. The topological polar surface area (TPSA) is 90.4 Å². The maximum atomic E-state index is 12.6. The standard InChI is InChI=1S/C19H8N4OS2/c20-9-15-16(10-21)26-19-18(25-15)22-13-7-6-12(8-14(13)23-19)17(24)11-4-2-1-3-5-11/h1-8H. The van der Waals surface area contributed by atoms with E-state index in [0.29, 0.717) is 42.0 Å². The normalized spacial score (nSPS) is 13.0. The van der Waals surface area contributed by atoms with Gasteiger partial charge >= 0.3 is 0 Å². The number of rotatable bonds is 2. The molecule has 0 fully saturated rings. The van der Waals surface area contributed by atoms with Crippen molar-refractivity contribution < 1.29 is 4.79 Å². The molecule has 5 nitrogen and oxygen atoms in total. The number of fused-ring (bicyclic) bond motifs is 2. The van der Waals surface area contributed by atoms with Gasteiger partial charge in [0.25, 0.3) is 0 Å². The van der Waals surface area contributed by atoms with Crippen molar-refractivity contribution in [3.05, 3.63) is 69.5 Å². The lowest BCUT2D eigenvalue weighted by molar-refractivity contribution is 0.103. The first-order chi connectivity index (χ1) is 12.7. The molecule has 0 spiro atoms. The third kappa shape index (κ3) is 2.84. The summed E-state index contributed by atoms with van der Waals surface area (Å²) >= 11 is 2.28. The Morgan fingerprint density at radius 1 is 0.808 bits per heavy atom. The van der Waals surface area contributed by atoms with Crippen molar-refractivity contribution in [3.8, 4) is 12.1 Å². The van der Waals surface area contributed by atoms with Crippen molar-refractivity contribution in [2.24, 2.45) is 0 Å². The maximum Gasteiger partial charge on any atom is 0.193 e. The van der Waals surface area contributed by atoms with Crippen LogP contribution in [0.15, 0.2) is 68.4 Å². The summed E-state index contributed by atoms with van der Waals surface area (Å²) in [4.78, 5) is 22.3. The minimum absolute atomic E-state index is 0.0848. The van der Waals surface area contributed by atoms with Crippen LogP contribution in [0.5, 0.6) is 0 Å². The van der Waals surface area contributed by atoms with Crippen LogP contribution >= 0.6 is 23.5 Å². The van der Waals surface area contributed by atoms with E-state index >= 15 is 0 Å². The number of hydrogen-bond acceptors (Lipinski definition) is 7. The van der Waals surface area contributed by atoms with Crippen LogP contribution in [0.25, 0.3) is 11.0 Å². The van der Waals surface area contributed by atoms with Crippen molar-refractivity contribution in [2.45, 2.75) is 10.1 Å². The molecule has 0 aliphatic carbocycles. The van der Waals surface area contributed by atoms with Gasteiger partial charge in [-0.3, -0.25) is 4.79 Å². The second kappa shape index (κ2) is 6.64. The predicted molar refractivity (Wildman–Crippen MR) is 99.4 cm³/mol. The lowest BCUT2D eigenvalue weighted by Crippen LogP contribution is -2.02. The van der Waals surface area contributed by atoms with E-state index in [4.69, 9.17) is 5.26 Å². The SMILES string of the molecule is N#CC1=C(C#N)Sc2nc3cc(C(=O)c4ccccc4)ccc3nc2S1. The highest BCUT2D eigenvalue weighted by Gasteiger charge is 2.23. The van der Waals surface area contributed by atoms with Gasteiger partial charge in [-0.15, -0.1) is 0 Å². The van der Waals surface area contributed by atoms with Crippen LogP contribution < -0.4 is 0 Å². The summed E-state index contributed by atoms with van der Waals surface area (Å²) < 4.78 is 0. The zero-order valence-corrected chi connectivity index (χ0v) is 14.8. The maximum absolute atomic E-state index is 12.6. The van der Waals surface area contributed by atoms with Crippen LogP contribution in [-0.2, 0) is 0 Å². The molecule has 4 rings (SSSR count). The van der Waals surface area contributed by atoms with E-state index in [-0.39, 0.29) is 5.78 Å². The van der Waals surface area contributed by atoms with Crippen LogP contribution in [-0.4, -0.2) is 15.8 Å². The Hall–Kier alpha value is -3.13. The van der Waals surface area contributed by atoms with Crippen LogP contribution in [0, 0.1) is 22.7 Å². The number of hydrogen-bond donors (Lipinski definition) is 0. The molecule has 26 heavy (non-hydrogen) atoms. The third-order valence-corrected chi connectivity index (χ3v) is 5.92. The van der Waals surface area contributed by atoms with Gasteiger partial charge in [-0.2, -0.15) is 10.5 Å². The molecular weight excluding hydrogens is 364 g/mol. The molecule has 2 aromatic carbocycles. The van der Waals surface area contributed by atoms with Gasteiger partial charge in [0.15, 0.2) is 5.78 Å². The van der Waals surface area contributed by atoms with Crippen LogP contribution in [0.1, 0.15) is 15.9 Å². The molecule has 0 N–H and O–H groups in total. The Labute approximate surface area is 157 Å². The molecule has 122 valence electrons. The molecule has 1 aromatic heterocycles. The van der Waals surface area contributed by atoms with E-state index in [9.17, 15) is 10.1 Å². The number of carbonyl (C=O) groups is 1. The quantitative estimate of drug-likeness (QED) is 0.619. The summed E-state index contributed by atoms with van der Waals surface area (Å²) in [5.74, 6) is -0.0848. The first kappa shape index (κ1) is 16.3. The monoisotopic (exact) mass is 372 g/mol. The lowest BCUT2D eigenvalue weighted by atomic mass is 10.0. The molecule has 1 aliphatic heterocycles. The predicted octanol–water partition coefficient (Wildman–Crippen LogP) is 4.32. The van der Waals surface area contributed by atoms with Crippen LogP contribution in [0.4, 0.5) is 0 Å². The largest absolute Gasteiger partial charge is 0.289 e. The zero-order valence-electron chi connectivity index (χ0n) is 13.1. The highest BCUT2D eigenvalue weighted by molar-refractivity contribution is 8.09. The third-order valence-electron chi connectivity index (χ3n) is 3.71. The van der Waals surface area contributed by atoms with Crippen molar-refractivity contribution in [3.63, 3.8) is 0 Å². The van der Waals surface area contributed by atoms with Gasteiger partial charge < -0.3 is 0 Å². The first-order valence-electron chi connectivity index (χ1n) is 7.51. The Morgan fingerprint density at radius 2 is 1.42 bits per heavy atom. The van der Waals surface area contributed by atoms with E-state index in [2.05, 4.69) is 9.97 Å². The average Bonchev–Trinajstić information content (AvgIpc) is 2.70. The molecule has 0 amide bonds. The van der Waals surface area contributed by atoms with E-state index < -0.39 is 0 Å². The van der Waals surface area contributed by atoms with Gasteiger partial charge in [-0.05, 0) is 18.2 Å². The summed E-state index contributed by atoms with van der Waals surface area (Å²) in [6.45, 7) is 0. The van der Waals surface area contributed by atoms with Gasteiger partial charge in [-0.25, -0.2) is 9.97 Å². The second-order valence-corrected chi connectivity index (χ2v) is 7.32. The lowest BCUT2D eigenvalue weighted by Gasteiger charge is -2.13. The second-order valence-electron chi connectivity index (χ2n) is 5.32. The van der Waals surface area contributed by atoms with Crippen LogP contribution in [0.3, 0.4) is 0 Å². The highest BCUT2D eigenvalue weighted by Crippen LogP contribution is 2.44. The molecule has 0 bridgehead atoms. The summed E-state index contributed by atoms with van der Waals surface area (Å²) in [6, 6.07) is 18.3.